The van der Waals surface area contributed by atoms with Crippen LogP contribution in [0.5, 0.6) is 0 Å². The molecule has 3 nitrogen and oxygen atoms in total. The Morgan fingerprint density at radius 1 is 1.05 bits per heavy atom. The zero-order valence-electron chi connectivity index (χ0n) is 12.9. The molecule has 2 rings (SSSR count). The lowest BCUT2D eigenvalue weighted by molar-refractivity contribution is -0.0395. The van der Waals surface area contributed by atoms with Gasteiger partial charge in [0.05, 0.1) is 10.0 Å². The first kappa shape index (κ1) is 17.7. The minimum Gasteiger partial charge on any atom is -0.304 e. The van der Waals surface area contributed by atoms with Crippen molar-refractivity contribution in [1.29, 1.82) is 0 Å². The third kappa shape index (κ3) is 5.23. The fourth-order valence-corrected chi connectivity index (χ4v) is 2.46. The zero-order valence-corrected chi connectivity index (χ0v) is 14.4. The predicted octanol–water partition coefficient (Wildman–Crippen LogP) is 3.61. The van der Waals surface area contributed by atoms with Crippen LogP contribution >= 0.6 is 23.2 Å². The number of hydrogen-bond acceptors (Lipinski definition) is 3. The van der Waals surface area contributed by atoms with Crippen LogP contribution in [-0.2, 0) is 6.54 Å². The van der Waals surface area contributed by atoms with E-state index >= 15 is 0 Å². The summed E-state index contributed by atoms with van der Waals surface area (Å²) in [4.78, 5) is 2.35. The second-order valence-electron chi connectivity index (χ2n) is 4.82. The SMILES string of the molecule is CC.CN1CCN(N(C)Cc2ccc(Cl)c(Cl)c2)CC1. The van der Waals surface area contributed by atoms with Gasteiger partial charge < -0.3 is 4.90 Å². The van der Waals surface area contributed by atoms with Crippen molar-refractivity contribution in [3.63, 3.8) is 0 Å². The number of rotatable bonds is 3. The maximum atomic E-state index is 6.03. The molecule has 1 aromatic rings. The van der Waals surface area contributed by atoms with E-state index in [2.05, 4.69) is 29.0 Å². The molecule has 1 aromatic carbocycles. The van der Waals surface area contributed by atoms with Crippen molar-refractivity contribution in [2.75, 3.05) is 40.3 Å². The van der Waals surface area contributed by atoms with Gasteiger partial charge in [0.15, 0.2) is 0 Å². The van der Waals surface area contributed by atoms with Gasteiger partial charge in [-0.1, -0.05) is 43.1 Å². The number of hydrogen-bond donors (Lipinski definition) is 0. The van der Waals surface area contributed by atoms with Crippen molar-refractivity contribution < 1.29 is 0 Å². The highest BCUT2D eigenvalue weighted by Crippen LogP contribution is 2.23. The lowest BCUT2D eigenvalue weighted by Gasteiger charge is -2.38. The second kappa shape index (κ2) is 8.85. The number of benzene rings is 1. The topological polar surface area (TPSA) is 9.72 Å². The molecular weight excluding hydrogens is 293 g/mol. The molecule has 1 saturated heterocycles. The van der Waals surface area contributed by atoms with E-state index in [0.717, 1.165) is 32.7 Å². The molecule has 0 aromatic heterocycles. The molecule has 0 unspecified atom stereocenters. The van der Waals surface area contributed by atoms with Gasteiger partial charge in [0.1, 0.15) is 0 Å². The Morgan fingerprint density at radius 3 is 2.20 bits per heavy atom. The Hall–Kier alpha value is -0.320. The van der Waals surface area contributed by atoms with Gasteiger partial charge in [-0.05, 0) is 24.7 Å². The average Bonchev–Trinajstić information content (AvgIpc) is 2.46. The zero-order chi connectivity index (χ0) is 15.1. The van der Waals surface area contributed by atoms with Crippen LogP contribution in [0.25, 0.3) is 0 Å². The Balaban J connectivity index is 0.000000956. The van der Waals surface area contributed by atoms with E-state index in [4.69, 9.17) is 23.2 Å². The molecule has 0 amide bonds. The van der Waals surface area contributed by atoms with Crippen LogP contribution in [0.1, 0.15) is 19.4 Å². The molecule has 0 spiro atoms. The number of likely N-dealkylation sites (N-methyl/N-ethyl adjacent to an activating group) is 1. The van der Waals surface area contributed by atoms with Gasteiger partial charge in [-0.2, -0.15) is 0 Å². The molecule has 0 bridgehead atoms. The summed E-state index contributed by atoms with van der Waals surface area (Å²) >= 11 is 12.0. The van der Waals surface area contributed by atoms with Crippen LogP contribution in [0.2, 0.25) is 10.0 Å². The lowest BCUT2D eigenvalue weighted by atomic mass is 10.2. The normalized spacial score (nSPS) is 16.9. The lowest BCUT2D eigenvalue weighted by Crippen LogP contribution is -2.51. The average molecular weight is 318 g/mol. The Morgan fingerprint density at radius 2 is 1.65 bits per heavy atom. The maximum absolute atomic E-state index is 6.03. The van der Waals surface area contributed by atoms with E-state index < -0.39 is 0 Å². The molecule has 0 aliphatic carbocycles. The first-order valence-electron chi connectivity index (χ1n) is 7.15. The predicted molar refractivity (Wildman–Crippen MR) is 88.3 cm³/mol. The summed E-state index contributed by atoms with van der Waals surface area (Å²) in [6.45, 7) is 9.25. The highest BCUT2D eigenvalue weighted by Gasteiger charge is 2.17. The summed E-state index contributed by atoms with van der Waals surface area (Å²) in [6.07, 6.45) is 0. The van der Waals surface area contributed by atoms with Crippen molar-refractivity contribution in [2.45, 2.75) is 20.4 Å². The van der Waals surface area contributed by atoms with Crippen LogP contribution in [-0.4, -0.2) is 55.2 Å². The van der Waals surface area contributed by atoms with Gasteiger partial charge in [0.2, 0.25) is 0 Å². The van der Waals surface area contributed by atoms with Crippen molar-refractivity contribution in [2.24, 2.45) is 0 Å². The van der Waals surface area contributed by atoms with Crippen molar-refractivity contribution in [1.82, 2.24) is 14.9 Å². The van der Waals surface area contributed by atoms with Crippen molar-refractivity contribution >= 4 is 23.2 Å². The molecule has 20 heavy (non-hydrogen) atoms. The van der Waals surface area contributed by atoms with Gasteiger partial charge in [0.25, 0.3) is 0 Å². The summed E-state index contributed by atoms with van der Waals surface area (Å²) in [5.41, 5.74) is 1.19. The quantitative estimate of drug-likeness (QED) is 0.843. The maximum Gasteiger partial charge on any atom is 0.0595 e. The highest BCUT2D eigenvalue weighted by molar-refractivity contribution is 6.42. The van der Waals surface area contributed by atoms with Gasteiger partial charge in [-0.25, -0.2) is 10.0 Å². The summed E-state index contributed by atoms with van der Waals surface area (Å²) < 4.78 is 0. The Kier molecular flexibility index (Phi) is 7.85. The summed E-state index contributed by atoms with van der Waals surface area (Å²) in [6, 6.07) is 5.83. The first-order chi connectivity index (χ1) is 9.56. The van der Waals surface area contributed by atoms with Gasteiger partial charge >= 0.3 is 0 Å². The van der Waals surface area contributed by atoms with E-state index in [1.807, 2.05) is 32.0 Å². The molecule has 0 N–H and O–H groups in total. The number of nitrogens with zero attached hydrogens (tertiary/aromatic N) is 3. The fraction of sp³-hybridized carbons (Fsp3) is 0.600. The number of piperazine rings is 1. The monoisotopic (exact) mass is 317 g/mol. The summed E-state index contributed by atoms with van der Waals surface area (Å²) in [7, 11) is 4.28. The molecule has 114 valence electrons. The fourth-order valence-electron chi connectivity index (χ4n) is 2.14. The highest BCUT2D eigenvalue weighted by atomic mass is 35.5. The van der Waals surface area contributed by atoms with Crippen LogP contribution in [0.15, 0.2) is 18.2 Å². The standard InChI is InChI=1S/C13H19Cl2N3.C2H6/c1-16-5-7-18(8-6-16)17(2)10-11-3-4-12(14)13(15)9-11;1-2/h3-4,9H,5-8,10H2,1-2H3;1-2H3. The van der Waals surface area contributed by atoms with Crippen LogP contribution < -0.4 is 0 Å². The largest absolute Gasteiger partial charge is 0.304 e. The Labute approximate surface area is 133 Å². The van der Waals surface area contributed by atoms with E-state index in [0.29, 0.717) is 10.0 Å². The summed E-state index contributed by atoms with van der Waals surface area (Å²) in [5.74, 6) is 0. The second-order valence-corrected chi connectivity index (χ2v) is 5.64. The smallest absolute Gasteiger partial charge is 0.0595 e. The molecule has 5 heteroatoms. The number of hydrazine groups is 1. The van der Waals surface area contributed by atoms with E-state index in [9.17, 15) is 0 Å². The summed E-state index contributed by atoms with van der Waals surface area (Å²) in [5, 5.41) is 5.87. The molecule has 1 heterocycles. The van der Waals surface area contributed by atoms with Crippen LogP contribution in [0, 0.1) is 0 Å². The minimum atomic E-state index is 0.614. The molecule has 0 radical (unpaired) electrons. The molecule has 0 atom stereocenters. The third-order valence-corrected chi connectivity index (χ3v) is 4.10. The van der Waals surface area contributed by atoms with E-state index in [1.165, 1.54) is 5.56 Å². The van der Waals surface area contributed by atoms with Crippen molar-refractivity contribution in [3.8, 4) is 0 Å². The van der Waals surface area contributed by atoms with Crippen LogP contribution in [0.3, 0.4) is 0 Å². The molecule has 0 saturated carbocycles. The molecular formula is C15H25Cl2N3. The van der Waals surface area contributed by atoms with E-state index in [1.54, 1.807) is 0 Å². The van der Waals surface area contributed by atoms with Crippen molar-refractivity contribution in [3.05, 3.63) is 33.8 Å². The van der Waals surface area contributed by atoms with E-state index in [-0.39, 0.29) is 0 Å². The first-order valence-corrected chi connectivity index (χ1v) is 7.90. The molecule has 1 aliphatic heterocycles. The third-order valence-electron chi connectivity index (χ3n) is 3.36. The number of halogens is 2. The minimum absolute atomic E-state index is 0.614. The Bertz CT molecular complexity index is 404. The van der Waals surface area contributed by atoms with Gasteiger partial charge in [-0.15, -0.1) is 0 Å². The molecule has 1 aliphatic rings. The molecule has 1 fully saturated rings. The van der Waals surface area contributed by atoms with Crippen LogP contribution in [0.4, 0.5) is 0 Å². The van der Waals surface area contributed by atoms with Gasteiger partial charge in [-0.3, -0.25) is 0 Å². The van der Waals surface area contributed by atoms with Gasteiger partial charge in [0, 0.05) is 39.8 Å².